The van der Waals surface area contributed by atoms with Crippen molar-refractivity contribution in [2.45, 2.75) is 0 Å². The highest BCUT2D eigenvalue weighted by atomic mass is 16.5. The van der Waals surface area contributed by atoms with Gasteiger partial charge >= 0.3 is 5.97 Å². The molecule has 30 heavy (non-hydrogen) atoms. The molecule has 0 radical (unpaired) electrons. The third-order valence-electron chi connectivity index (χ3n) is 4.55. The molecule has 0 atom stereocenters. The van der Waals surface area contributed by atoms with Gasteiger partial charge < -0.3 is 18.9 Å². The molecule has 0 saturated carbocycles. The molecule has 4 rings (SSSR count). The number of allylic oxidation sites excluding steroid dienone is 1. The van der Waals surface area contributed by atoms with Crippen molar-refractivity contribution in [2.24, 2.45) is 0 Å². The Hall–Kier alpha value is -4.06. The van der Waals surface area contributed by atoms with Crippen LogP contribution in [0.15, 0.2) is 72.5 Å². The largest absolute Gasteiger partial charge is 0.497 e. The molecule has 150 valence electrons. The third-order valence-corrected chi connectivity index (χ3v) is 4.55. The molecule has 1 heterocycles. The van der Waals surface area contributed by atoms with Gasteiger partial charge in [-0.1, -0.05) is 18.2 Å². The van der Waals surface area contributed by atoms with Gasteiger partial charge in [-0.2, -0.15) is 0 Å². The Bertz CT molecular complexity index is 1160. The summed E-state index contributed by atoms with van der Waals surface area (Å²) in [5, 5.41) is 0. The van der Waals surface area contributed by atoms with E-state index < -0.39 is 5.97 Å². The molecule has 0 bridgehead atoms. The first kappa shape index (κ1) is 19.3. The summed E-state index contributed by atoms with van der Waals surface area (Å²) in [4.78, 5) is 25.0. The number of ketones is 1. The average Bonchev–Trinajstić information content (AvgIpc) is 3.08. The maximum absolute atomic E-state index is 12.6. The third kappa shape index (κ3) is 3.89. The molecular weight excluding hydrogens is 384 g/mol. The van der Waals surface area contributed by atoms with E-state index in [4.69, 9.17) is 18.9 Å². The summed E-state index contributed by atoms with van der Waals surface area (Å²) in [5.41, 5.74) is 1.53. The van der Waals surface area contributed by atoms with E-state index in [0.717, 1.165) is 5.56 Å². The molecule has 3 aromatic carbocycles. The number of carbonyl (C=O) groups excluding carboxylic acids is 2. The van der Waals surface area contributed by atoms with Gasteiger partial charge in [0.05, 0.1) is 25.3 Å². The van der Waals surface area contributed by atoms with Crippen molar-refractivity contribution in [2.75, 3.05) is 14.2 Å². The van der Waals surface area contributed by atoms with Crippen LogP contribution < -0.4 is 18.9 Å². The number of benzene rings is 3. The lowest BCUT2D eigenvalue weighted by Crippen LogP contribution is -2.08. The first-order chi connectivity index (χ1) is 14.6. The van der Waals surface area contributed by atoms with Gasteiger partial charge in [0.1, 0.15) is 23.0 Å². The second-order valence-corrected chi connectivity index (χ2v) is 6.50. The molecule has 0 N–H and O–H groups in total. The Morgan fingerprint density at radius 2 is 1.60 bits per heavy atom. The highest BCUT2D eigenvalue weighted by Crippen LogP contribution is 2.35. The number of Topliss-reactive ketones (excluding diaryl/α,β-unsaturated/α-hetero) is 1. The van der Waals surface area contributed by atoms with Gasteiger partial charge in [0.25, 0.3) is 0 Å². The van der Waals surface area contributed by atoms with Crippen LogP contribution in [0.4, 0.5) is 0 Å². The summed E-state index contributed by atoms with van der Waals surface area (Å²) in [7, 11) is 3.10. The van der Waals surface area contributed by atoms with E-state index in [9.17, 15) is 9.59 Å². The predicted molar refractivity (Wildman–Crippen MR) is 110 cm³/mol. The van der Waals surface area contributed by atoms with Crippen LogP contribution in [0.1, 0.15) is 26.3 Å². The van der Waals surface area contributed by atoms with E-state index in [2.05, 4.69) is 0 Å². The van der Waals surface area contributed by atoms with Gasteiger partial charge in [-0.3, -0.25) is 4.79 Å². The van der Waals surface area contributed by atoms with E-state index in [-0.39, 0.29) is 17.3 Å². The summed E-state index contributed by atoms with van der Waals surface area (Å²) in [6, 6.07) is 18.6. The van der Waals surface area contributed by atoms with Crippen LogP contribution in [0, 0.1) is 0 Å². The minimum absolute atomic E-state index is 0.189. The lowest BCUT2D eigenvalue weighted by molar-refractivity contribution is 0.0734. The number of hydrogen-bond donors (Lipinski definition) is 0. The Balaban J connectivity index is 1.54. The Morgan fingerprint density at radius 1 is 0.867 bits per heavy atom. The zero-order valence-corrected chi connectivity index (χ0v) is 16.4. The summed E-state index contributed by atoms with van der Waals surface area (Å²) in [6.45, 7) is 0. The molecule has 0 amide bonds. The standard InChI is InChI=1S/C24H18O6/c1-27-17-7-3-5-15(11-17)12-22-23(25)20-10-9-19(14-21(20)30-22)29-24(26)16-6-4-8-18(13-16)28-2/h3-14H,1-2H3/b22-12-. The van der Waals surface area contributed by atoms with Crippen LogP contribution in [0.2, 0.25) is 0 Å². The molecule has 6 nitrogen and oxygen atoms in total. The van der Waals surface area contributed by atoms with Crippen molar-refractivity contribution in [1.29, 1.82) is 0 Å². The molecule has 0 unspecified atom stereocenters. The molecule has 0 aromatic heterocycles. The molecule has 1 aliphatic heterocycles. The van der Waals surface area contributed by atoms with E-state index in [0.29, 0.717) is 28.4 Å². The van der Waals surface area contributed by atoms with Crippen molar-refractivity contribution in [3.63, 3.8) is 0 Å². The Kier molecular flexibility index (Phi) is 5.22. The van der Waals surface area contributed by atoms with Crippen LogP contribution in [0.5, 0.6) is 23.0 Å². The molecule has 1 aliphatic rings. The monoisotopic (exact) mass is 402 g/mol. The smallest absolute Gasteiger partial charge is 0.343 e. The quantitative estimate of drug-likeness (QED) is 0.355. The Morgan fingerprint density at radius 3 is 2.37 bits per heavy atom. The first-order valence-electron chi connectivity index (χ1n) is 9.16. The van der Waals surface area contributed by atoms with Crippen LogP contribution in [-0.4, -0.2) is 26.0 Å². The number of carbonyl (C=O) groups is 2. The van der Waals surface area contributed by atoms with Gasteiger partial charge in [0.15, 0.2) is 5.76 Å². The number of ether oxygens (including phenoxy) is 4. The van der Waals surface area contributed by atoms with Crippen molar-refractivity contribution < 1.29 is 28.5 Å². The maximum atomic E-state index is 12.6. The van der Waals surface area contributed by atoms with Crippen molar-refractivity contribution >= 4 is 17.8 Å². The molecule has 3 aromatic rings. The van der Waals surface area contributed by atoms with Gasteiger partial charge in [-0.25, -0.2) is 4.79 Å². The fourth-order valence-corrected chi connectivity index (χ4v) is 3.03. The molecule has 6 heteroatoms. The van der Waals surface area contributed by atoms with Gasteiger partial charge in [-0.05, 0) is 54.1 Å². The summed E-state index contributed by atoms with van der Waals surface area (Å²) < 4.78 is 21.5. The predicted octanol–water partition coefficient (Wildman–Crippen LogP) is 4.54. The number of methoxy groups -OCH3 is 2. The molecule has 0 fully saturated rings. The Labute approximate surface area is 173 Å². The minimum Gasteiger partial charge on any atom is -0.497 e. The molecule has 0 spiro atoms. The fourth-order valence-electron chi connectivity index (χ4n) is 3.03. The molecular formula is C24H18O6. The highest BCUT2D eigenvalue weighted by Gasteiger charge is 2.28. The lowest BCUT2D eigenvalue weighted by Gasteiger charge is -2.07. The minimum atomic E-state index is -0.537. The van der Waals surface area contributed by atoms with E-state index in [1.807, 2.05) is 18.2 Å². The van der Waals surface area contributed by atoms with Crippen LogP contribution >= 0.6 is 0 Å². The zero-order chi connectivity index (χ0) is 21.1. The normalized spacial score (nSPS) is 13.5. The van der Waals surface area contributed by atoms with Gasteiger partial charge in [0.2, 0.25) is 5.78 Å². The number of fused-ring (bicyclic) bond motifs is 1. The second kappa shape index (κ2) is 8.13. The van der Waals surface area contributed by atoms with E-state index in [1.165, 1.54) is 13.2 Å². The topological polar surface area (TPSA) is 71.1 Å². The number of hydrogen-bond acceptors (Lipinski definition) is 6. The van der Waals surface area contributed by atoms with E-state index in [1.54, 1.807) is 55.7 Å². The van der Waals surface area contributed by atoms with Crippen molar-refractivity contribution in [1.82, 2.24) is 0 Å². The van der Waals surface area contributed by atoms with Crippen LogP contribution in [-0.2, 0) is 0 Å². The zero-order valence-electron chi connectivity index (χ0n) is 16.4. The average molecular weight is 402 g/mol. The number of rotatable bonds is 5. The second-order valence-electron chi connectivity index (χ2n) is 6.50. The fraction of sp³-hybridized carbons (Fsp3) is 0.0833. The SMILES string of the molecule is COc1cccc(/C=C2\Oc3cc(OC(=O)c4cccc(OC)c4)ccc3C2=O)c1. The first-order valence-corrected chi connectivity index (χ1v) is 9.16. The maximum Gasteiger partial charge on any atom is 0.343 e. The van der Waals surface area contributed by atoms with Crippen LogP contribution in [0.3, 0.4) is 0 Å². The summed E-state index contributed by atoms with van der Waals surface area (Å²) >= 11 is 0. The molecule has 0 saturated heterocycles. The number of esters is 1. The van der Waals surface area contributed by atoms with Crippen LogP contribution in [0.25, 0.3) is 6.08 Å². The highest BCUT2D eigenvalue weighted by molar-refractivity contribution is 6.14. The van der Waals surface area contributed by atoms with Gasteiger partial charge in [-0.15, -0.1) is 0 Å². The van der Waals surface area contributed by atoms with Gasteiger partial charge in [0, 0.05) is 6.07 Å². The molecule has 0 aliphatic carbocycles. The summed E-state index contributed by atoms with van der Waals surface area (Å²) in [6.07, 6.45) is 1.65. The van der Waals surface area contributed by atoms with Crippen molar-refractivity contribution in [3.8, 4) is 23.0 Å². The summed E-state index contributed by atoms with van der Waals surface area (Å²) in [5.74, 6) is 1.26. The van der Waals surface area contributed by atoms with E-state index >= 15 is 0 Å². The van der Waals surface area contributed by atoms with Crippen molar-refractivity contribution in [3.05, 3.63) is 89.2 Å². The lowest BCUT2D eigenvalue weighted by atomic mass is 10.1.